The lowest BCUT2D eigenvalue weighted by Crippen LogP contribution is -2.10. The summed E-state index contributed by atoms with van der Waals surface area (Å²) in [5.41, 5.74) is 3.71. The van der Waals surface area contributed by atoms with Crippen molar-refractivity contribution in [2.45, 2.75) is 33.1 Å². The summed E-state index contributed by atoms with van der Waals surface area (Å²) in [7, 11) is 0. The van der Waals surface area contributed by atoms with E-state index in [0.717, 1.165) is 5.69 Å². The van der Waals surface area contributed by atoms with Gasteiger partial charge in [-0.3, -0.25) is 4.99 Å². The van der Waals surface area contributed by atoms with Gasteiger partial charge in [-0.05, 0) is 42.3 Å². The Kier molecular flexibility index (Phi) is 2.55. The van der Waals surface area contributed by atoms with Gasteiger partial charge in [0.25, 0.3) is 0 Å². The second kappa shape index (κ2) is 3.33. The van der Waals surface area contributed by atoms with Gasteiger partial charge in [-0.1, -0.05) is 26.8 Å². The molecule has 1 nitrogen and oxygen atoms in total. The van der Waals surface area contributed by atoms with E-state index in [1.807, 2.05) is 6.07 Å². The summed E-state index contributed by atoms with van der Waals surface area (Å²) in [6, 6.07) is 6.34. The van der Waals surface area contributed by atoms with E-state index in [-0.39, 0.29) is 5.41 Å². The van der Waals surface area contributed by atoms with Gasteiger partial charge < -0.3 is 0 Å². The van der Waals surface area contributed by atoms with Crippen molar-refractivity contribution in [2.24, 2.45) is 4.99 Å². The fraction of sp³-hybridized carbons (Fsp3) is 0.417. The van der Waals surface area contributed by atoms with E-state index in [0.29, 0.717) is 0 Å². The molecule has 70 valence electrons. The summed E-state index contributed by atoms with van der Waals surface area (Å²) in [4.78, 5) is 3.96. The molecule has 0 bridgehead atoms. The number of aliphatic imine (C=N–C) groups is 1. The van der Waals surface area contributed by atoms with E-state index >= 15 is 0 Å². The van der Waals surface area contributed by atoms with Crippen LogP contribution in [0.15, 0.2) is 23.2 Å². The highest BCUT2D eigenvalue weighted by atomic mass is 14.7. The zero-order valence-corrected chi connectivity index (χ0v) is 8.89. The molecule has 1 rings (SSSR count). The number of benzene rings is 1. The van der Waals surface area contributed by atoms with Crippen molar-refractivity contribution >= 4 is 12.4 Å². The molecule has 0 saturated heterocycles. The third-order valence-electron chi connectivity index (χ3n) is 2.11. The van der Waals surface area contributed by atoms with Gasteiger partial charge in [0, 0.05) is 0 Å². The van der Waals surface area contributed by atoms with E-state index in [2.05, 4.69) is 51.5 Å². The first-order chi connectivity index (χ1) is 5.93. The lowest BCUT2D eigenvalue weighted by Gasteiger charge is -2.19. The largest absolute Gasteiger partial charge is 0.265 e. The Bertz CT molecular complexity index is 318. The lowest BCUT2D eigenvalue weighted by atomic mass is 9.86. The molecule has 0 aliphatic rings. The summed E-state index contributed by atoms with van der Waals surface area (Å²) in [6.45, 7) is 12.2. The minimum atomic E-state index is 0.186. The normalized spacial score (nSPS) is 11.4. The van der Waals surface area contributed by atoms with Crippen LogP contribution in [-0.2, 0) is 5.41 Å². The zero-order valence-electron chi connectivity index (χ0n) is 8.89. The maximum Gasteiger partial charge on any atom is 0.0627 e. The quantitative estimate of drug-likeness (QED) is 0.578. The summed E-state index contributed by atoms with van der Waals surface area (Å²) in [5.74, 6) is 0. The predicted molar refractivity (Wildman–Crippen MR) is 59.1 cm³/mol. The highest BCUT2D eigenvalue weighted by Gasteiger charge is 2.14. The molecule has 13 heavy (non-hydrogen) atoms. The zero-order chi connectivity index (χ0) is 10.1. The van der Waals surface area contributed by atoms with Gasteiger partial charge in [0.05, 0.1) is 5.69 Å². The van der Waals surface area contributed by atoms with Crippen molar-refractivity contribution in [3.8, 4) is 0 Å². The van der Waals surface area contributed by atoms with Gasteiger partial charge in [0.2, 0.25) is 0 Å². The molecule has 0 radical (unpaired) electrons. The number of hydrogen-bond acceptors (Lipinski definition) is 1. The van der Waals surface area contributed by atoms with Crippen molar-refractivity contribution in [3.63, 3.8) is 0 Å². The number of hydrogen-bond donors (Lipinski definition) is 0. The van der Waals surface area contributed by atoms with Crippen LogP contribution in [0.2, 0.25) is 0 Å². The molecule has 0 saturated carbocycles. The molecule has 1 aromatic rings. The van der Waals surface area contributed by atoms with Crippen molar-refractivity contribution < 1.29 is 0 Å². The Balaban J connectivity index is 3.24. The maximum atomic E-state index is 3.96. The van der Waals surface area contributed by atoms with Crippen molar-refractivity contribution in [3.05, 3.63) is 29.3 Å². The monoisotopic (exact) mass is 175 g/mol. The van der Waals surface area contributed by atoms with Gasteiger partial charge in [0.15, 0.2) is 0 Å². The Morgan fingerprint density at radius 3 is 2.23 bits per heavy atom. The number of nitrogens with zero attached hydrogens (tertiary/aromatic N) is 1. The van der Waals surface area contributed by atoms with E-state index in [4.69, 9.17) is 0 Å². The predicted octanol–water partition coefficient (Wildman–Crippen LogP) is 3.62. The van der Waals surface area contributed by atoms with Gasteiger partial charge in [0.1, 0.15) is 0 Å². The summed E-state index contributed by atoms with van der Waals surface area (Å²) < 4.78 is 0. The third kappa shape index (κ3) is 2.41. The van der Waals surface area contributed by atoms with Crippen LogP contribution in [0, 0.1) is 6.92 Å². The molecule has 0 unspecified atom stereocenters. The Hall–Kier alpha value is -1.11. The highest BCUT2D eigenvalue weighted by Crippen LogP contribution is 2.27. The van der Waals surface area contributed by atoms with Crippen LogP contribution in [0.5, 0.6) is 0 Å². The third-order valence-corrected chi connectivity index (χ3v) is 2.11. The Morgan fingerprint density at radius 1 is 1.15 bits per heavy atom. The van der Waals surface area contributed by atoms with E-state index < -0.39 is 0 Å². The Labute approximate surface area is 80.5 Å². The molecule has 1 heteroatoms. The van der Waals surface area contributed by atoms with Crippen LogP contribution >= 0.6 is 0 Å². The van der Waals surface area contributed by atoms with Crippen LogP contribution in [0.4, 0.5) is 5.69 Å². The molecule has 0 atom stereocenters. The van der Waals surface area contributed by atoms with Crippen molar-refractivity contribution in [2.75, 3.05) is 0 Å². The molecule has 0 spiro atoms. The molecule has 0 N–H and O–H groups in total. The molecular weight excluding hydrogens is 158 g/mol. The van der Waals surface area contributed by atoms with Gasteiger partial charge in [-0.2, -0.15) is 0 Å². The second-order valence-electron chi connectivity index (χ2n) is 4.47. The molecule has 0 amide bonds. The summed E-state index contributed by atoms with van der Waals surface area (Å²) in [6.07, 6.45) is 0. The number of aryl methyl sites for hydroxylation is 1. The van der Waals surface area contributed by atoms with E-state index in [1.165, 1.54) is 11.1 Å². The fourth-order valence-corrected chi connectivity index (χ4v) is 1.29. The first kappa shape index (κ1) is 9.97. The molecule has 0 heterocycles. The average Bonchev–Trinajstić information content (AvgIpc) is 2.01. The van der Waals surface area contributed by atoms with Crippen LogP contribution in [0.1, 0.15) is 31.9 Å². The molecular formula is C12H17N. The summed E-state index contributed by atoms with van der Waals surface area (Å²) in [5, 5.41) is 0. The van der Waals surface area contributed by atoms with Crippen LogP contribution in [0.3, 0.4) is 0 Å². The van der Waals surface area contributed by atoms with Gasteiger partial charge >= 0.3 is 0 Å². The van der Waals surface area contributed by atoms with Crippen LogP contribution in [0.25, 0.3) is 0 Å². The second-order valence-corrected chi connectivity index (χ2v) is 4.47. The molecule has 1 aromatic carbocycles. The standard InChI is InChI=1S/C12H17N/c1-9-6-10(12(2,3)4)8-11(7-9)13-5/h6-8H,5H2,1-4H3. The first-order valence-corrected chi connectivity index (χ1v) is 4.52. The van der Waals surface area contributed by atoms with E-state index in [1.54, 1.807) is 0 Å². The summed E-state index contributed by atoms with van der Waals surface area (Å²) >= 11 is 0. The van der Waals surface area contributed by atoms with Crippen LogP contribution < -0.4 is 0 Å². The minimum Gasteiger partial charge on any atom is -0.265 e. The molecule has 0 aliphatic carbocycles. The number of rotatable bonds is 1. The fourth-order valence-electron chi connectivity index (χ4n) is 1.29. The smallest absolute Gasteiger partial charge is 0.0627 e. The average molecular weight is 175 g/mol. The lowest BCUT2D eigenvalue weighted by molar-refractivity contribution is 0.590. The maximum absolute atomic E-state index is 3.96. The van der Waals surface area contributed by atoms with E-state index in [9.17, 15) is 0 Å². The Morgan fingerprint density at radius 2 is 1.77 bits per heavy atom. The minimum absolute atomic E-state index is 0.186. The van der Waals surface area contributed by atoms with Gasteiger partial charge in [-0.25, -0.2) is 0 Å². The van der Waals surface area contributed by atoms with Crippen molar-refractivity contribution in [1.29, 1.82) is 0 Å². The van der Waals surface area contributed by atoms with Crippen molar-refractivity contribution in [1.82, 2.24) is 0 Å². The topological polar surface area (TPSA) is 12.4 Å². The molecule has 0 aromatic heterocycles. The molecule has 0 fully saturated rings. The first-order valence-electron chi connectivity index (χ1n) is 4.52. The SMILES string of the molecule is C=Nc1cc(C)cc(C(C)(C)C)c1. The van der Waals surface area contributed by atoms with Crippen LogP contribution in [-0.4, -0.2) is 6.72 Å². The molecule has 0 aliphatic heterocycles. The highest BCUT2D eigenvalue weighted by molar-refractivity contribution is 5.50. The van der Waals surface area contributed by atoms with Gasteiger partial charge in [-0.15, -0.1) is 0 Å².